The average molecular weight is 393 g/mol. The number of nitrogens with one attached hydrogen (secondary N) is 1. The summed E-state index contributed by atoms with van der Waals surface area (Å²) in [7, 11) is 0. The van der Waals surface area contributed by atoms with E-state index < -0.39 is 17.6 Å². The lowest BCUT2D eigenvalue weighted by molar-refractivity contribution is -0.215. The van der Waals surface area contributed by atoms with Gasteiger partial charge in [0.25, 0.3) is 5.91 Å². The summed E-state index contributed by atoms with van der Waals surface area (Å²) in [6.45, 7) is 0. The molecule has 1 saturated heterocycles. The van der Waals surface area contributed by atoms with Crippen LogP contribution in [0.25, 0.3) is 5.82 Å². The molecule has 10 heteroatoms. The topological polar surface area (TPSA) is 81.9 Å². The van der Waals surface area contributed by atoms with Gasteiger partial charge in [0, 0.05) is 24.4 Å². The fourth-order valence-corrected chi connectivity index (χ4v) is 4.32. The van der Waals surface area contributed by atoms with Crippen LogP contribution in [0.5, 0.6) is 0 Å². The van der Waals surface area contributed by atoms with Gasteiger partial charge in [-0.25, -0.2) is 9.67 Å². The molecule has 148 valence electrons. The van der Waals surface area contributed by atoms with Crippen LogP contribution in [0.15, 0.2) is 18.6 Å². The Hall–Kier alpha value is -2.49. The van der Waals surface area contributed by atoms with Crippen LogP contribution >= 0.6 is 0 Å². The van der Waals surface area contributed by atoms with Crippen LogP contribution in [0.1, 0.15) is 60.0 Å². The van der Waals surface area contributed by atoms with Gasteiger partial charge in [0.15, 0.2) is 11.5 Å². The second-order valence-electron chi connectivity index (χ2n) is 7.60. The fourth-order valence-electron chi connectivity index (χ4n) is 4.32. The normalized spacial score (nSPS) is 25.1. The largest absolute Gasteiger partial charge is 0.411 e. The van der Waals surface area contributed by atoms with Gasteiger partial charge in [-0.2, -0.15) is 18.3 Å². The quantitative estimate of drug-likeness (QED) is 0.867. The van der Waals surface area contributed by atoms with Crippen molar-refractivity contribution in [2.45, 2.75) is 62.4 Å². The third-order valence-electron chi connectivity index (χ3n) is 5.95. The Labute approximate surface area is 158 Å². The van der Waals surface area contributed by atoms with Crippen LogP contribution < -0.4 is 5.32 Å². The van der Waals surface area contributed by atoms with Crippen molar-refractivity contribution < 1.29 is 22.7 Å². The molecule has 0 aromatic carbocycles. The van der Waals surface area contributed by atoms with E-state index in [0.717, 1.165) is 12.8 Å². The monoisotopic (exact) mass is 393 g/mol. The number of rotatable bonds is 3. The molecule has 28 heavy (non-hydrogen) atoms. The van der Waals surface area contributed by atoms with Crippen molar-refractivity contribution in [2.24, 2.45) is 0 Å². The molecule has 0 spiro atoms. The molecule has 4 heterocycles. The Bertz CT molecular complexity index is 923. The van der Waals surface area contributed by atoms with Crippen molar-refractivity contribution in [2.75, 3.05) is 0 Å². The second-order valence-corrected chi connectivity index (χ2v) is 7.60. The number of hydrogen-bond acceptors (Lipinski definition) is 5. The zero-order chi connectivity index (χ0) is 19.5. The molecule has 1 amide bonds. The van der Waals surface area contributed by atoms with E-state index in [2.05, 4.69) is 20.4 Å². The number of hydrogen-bond donors (Lipinski definition) is 1. The molecule has 1 aliphatic carbocycles. The molecule has 0 radical (unpaired) electrons. The first kappa shape index (κ1) is 17.6. The van der Waals surface area contributed by atoms with Crippen LogP contribution in [0, 0.1) is 0 Å². The standard InChI is InChI=1S/C18H18F3N5O2/c19-18(20,21)17(4-1-5-17)24-16(27)14-11-8-10-2-3-12(28-10)15(11)26(25-14)13-9-22-6-7-23-13/h6-7,9-10,12H,1-5,8H2,(H,24,27). The number of amides is 1. The molecule has 2 aliphatic heterocycles. The highest BCUT2D eigenvalue weighted by atomic mass is 19.4. The summed E-state index contributed by atoms with van der Waals surface area (Å²) < 4.78 is 47.9. The van der Waals surface area contributed by atoms with Crippen LogP contribution in [0.2, 0.25) is 0 Å². The third kappa shape index (κ3) is 2.54. The van der Waals surface area contributed by atoms with Gasteiger partial charge < -0.3 is 10.1 Å². The predicted octanol–water partition coefficient (Wildman–Crippen LogP) is 2.65. The van der Waals surface area contributed by atoms with Gasteiger partial charge in [0.1, 0.15) is 11.6 Å². The highest BCUT2D eigenvalue weighted by Gasteiger charge is 2.59. The van der Waals surface area contributed by atoms with Crippen molar-refractivity contribution in [1.29, 1.82) is 0 Å². The Kier molecular flexibility index (Phi) is 3.77. The van der Waals surface area contributed by atoms with E-state index in [1.165, 1.54) is 23.3 Å². The number of fused-ring (bicyclic) bond motifs is 4. The van der Waals surface area contributed by atoms with Gasteiger partial charge in [-0.05, 0) is 32.1 Å². The van der Waals surface area contributed by atoms with E-state index in [1.807, 2.05) is 0 Å². The maximum atomic E-state index is 13.5. The van der Waals surface area contributed by atoms with Gasteiger partial charge in [-0.15, -0.1) is 0 Å². The van der Waals surface area contributed by atoms with E-state index in [-0.39, 0.29) is 30.7 Å². The number of carbonyl (C=O) groups excluding carboxylic acids is 1. The van der Waals surface area contributed by atoms with Crippen molar-refractivity contribution >= 4 is 5.91 Å². The summed E-state index contributed by atoms with van der Waals surface area (Å²) in [4.78, 5) is 21.1. The van der Waals surface area contributed by atoms with Gasteiger partial charge in [-0.3, -0.25) is 9.78 Å². The number of nitrogens with zero attached hydrogens (tertiary/aromatic N) is 4. The van der Waals surface area contributed by atoms with Crippen molar-refractivity contribution in [3.8, 4) is 5.82 Å². The second kappa shape index (κ2) is 6.00. The maximum Gasteiger partial charge on any atom is 0.411 e. The molecule has 2 aromatic heterocycles. The highest BCUT2D eigenvalue weighted by Crippen LogP contribution is 2.46. The number of ether oxygens (including phenoxy) is 1. The van der Waals surface area contributed by atoms with Crippen LogP contribution in [-0.2, 0) is 11.2 Å². The number of alkyl halides is 3. The zero-order valence-electron chi connectivity index (χ0n) is 14.9. The lowest BCUT2D eigenvalue weighted by atomic mass is 9.76. The fraction of sp³-hybridized carbons (Fsp3) is 0.556. The average Bonchev–Trinajstić information content (AvgIpc) is 3.20. The third-order valence-corrected chi connectivity index (χ3v) is 5.95. The molecule has 5 rings (SSSR count). The van der Waals surface area contributed by atoms with E-state index in [4.69, 9.17) is 4.74 Å². The van der Waals surface area contributed by atoms with Gasteiger partial charge in [0.05, 0.1) is 18.0 Å². The van der Waals surface area contributed by atoms with E-state index in [1.54, 1.807) is 0 Å². The summed E-state index contributed by atoms with van der Waals surface area (Å²) in [6.07, 6.45) is 2.02. The summed E-state index contributed by atoms with van der Waals surface area (Å²) in [5, 5.41) is 6.59. The summed E-state index contributed by atoms with van der Waals surface area (Å²) in [5.74, 6) is -0.391. The molecular formula is C18H18F3N5O2. The smallest absolute Gasteiger partial charge is 0.368 e. The molecule has 3 aliphatic rings. The molecule has 7 nitrogen and oxygen atoms in total. The molecule has 2 aromatic rings. The first-order chi connectivity index (χ1) is 13.4. The zero-order valence-corrected chi connectivity index (χ0v) is 14.9. The lowest BCUT2D eigenvalue weighted by Crippen LogP contribution is -2.63. The minimum Gasteiger partial charge on any atom is -0.368 e. The SMILES string of the molecule is O=C(NC1(C(F)(F)F)CCC1)c1nn(-c2cnccn2)c2c1CC1CCC2O1. The maximum absolute atomic E-state index is 13.5. The van der Waals surface area contributed by atoms with E-state index in [0.29, 0.717) is 29.9 Å². The summed E-state index contributed by atoms with van der Waals surface area (Å²) in [5.41, 5.74) is -0.790. The Morgan fingerprint density at radius 3 is 2.75 bits per heavy atom. The summed E-state index contributed by atoms with van der Waals surface area (Å²) >= 11 is 0. The Morgan fingerprint density at radius 2 is 2.11 bits per heavy atom. The van der Waals surface area contributed by atoms with Crippen molar-refractivity contribution in [1.82, 2.24) is 25.1 Å². The number of carbonyl (C=O) groups is 1. The molecule has 2 atom stereocenters. The van der Waals surface area contributed by atoms with Crippen molar-refractivity contribution in [3.63, 3.8) is 0 Å². The lowest BCUT2D eigenvalue weighted by Gasteiger charge is -2.43. The van der Waals surface area contributed by atoms with E-state index >= 15 is 0 Å². The molecular weight excluding hydrogens is 375 g/mol. The highest BCUT2D eigenvalue weighted by molar-refractivity contribution is 5.95. The molecule has 1 saturated carbocycles. The van der Waals surface area contributed by atoms with Crippen LogP contribution in [-0.4, -0.2) is 43.5 Å². The van der Waals surface area contributed by atoms with Crippen LogP contribution in [0.3, 0.4) is 0 Å². The van der Waals surface area contributed by atoms with Gasteiger partial charge in [-0.1, -0.05) is 0 Å². The van der Waals surface area contributed by atoms with Crippen molar-refractivity contribution in [3.05, 3.63) is 35.5 Å². The van der Waals surface area contributed by atoms with E-state index in [9.17, 15) is 18.0 Å². The molecule has 2 fully saturated rings. The minimum absolute atomic E-state index is 0.0244. The first-order valence-corrected chi connectivity index (χ1v) is 9.31. The number of halogens is 3. The number of aromatic nitrogens is 4. The first-order valence-electron chi connectivity index (χ1n) is 9.31. The summed E-state index contributed by atoms with van der Waals surface area (Å²) in [6, 6.07) is 0. The Morgan fingerprint density at radius 1 is 1.29 bits per heavy atom. The molecule has 2 bridgehead atoms. The van der Waals surface area contributed by atoms with Gasteiger partial charge in [0.2, 0.25) is 0 Å². The minimum atomic E-state index is -4.49. The molecule has 1 N–H and O–H groups in total. The predicted molar refractivity (Wildman–Crippen MR) is 89.8 cm³/mol. The van der Waals surface area contributed by atoms with Crippen LogP contribution in [0.4, 0.5) is 13.2 Å². The molecule has 2 unspecified atom stereocenters. The Balaban J connectivity index is 1.56. The van der Waals surface area contributed by atoms with Gasteiger partial charge >= 0.3 is 6.18 Å².